The van der Waals surface area contributed by atoms with Gasteiger partial charge in [-0.25, -0.2) is 4.98 Å². The first kappa shape index (κ1) is 21.9. The van der Waals surface area contributed by atoms with Crippen LogP contribution in [0.5, 0.6) is 5.75 Å². The average molecular weight is 443 g/mol. The van der Waals surface area contributed by atoms with E-state index in [-0.39, 0.29) is 0 Å². The van der Waals surface area contributed by atoms with Gasteiger partial charge in [-0.2, -0.15) is 0 Å². The van der Waals surface area contributed by atoms with Crippen LogP contribution >= 0.6 is 0 Å². The van der Waals surface area contributed by atoms with Crippen molar-refractivity contribution in [2.24, 2.45) is 0 Å². The van der Waals surface area contributed by atoms with Crippen molar-refractivity contribution in [1.82, 2.24) is 14.8 Å². The number of nitrogens with zero attached hydrogens (tertiary/aromatic N) is 3. The fourth-order valence-electron chi connectivity index (χ4n) is 4.59. The standard InChI is InChI=1S/C28H34N4O/c1-21(32-18-16-31(17-19-32)15-14-22-6-3-2-4-7-22)23-10-13-25(26-8-5-9-28(29)30-26)27(20-23)33-24-11-12-24/h2-10,13,20-21,24H,11-12,14-19H2,1H3,(H2,29,30). The van der Waals surface area contributed by atoms with Crippen molar-refractivity contribution in [2.45, 2.75) is 38.3 Å². The van der Waals surface area contributed by atoms with Crippen LogP contribution in [0.15, 0.2) is 66.7 Å². The van der Waals surface area contributed by atoms with Crippen molar-refractivity contribution in [3.63, 3.8) is 0 Å². The van der Waals surface area contributed by atoms with Gasteiger partial charge in [0.15, 0.2) is 0 Å². The van der Waals surface area contributed by atoms with Gasteiger partial charge in [0.1, 0.15) is 11.6 Å². The Bertz CT molecular complexity index is 1060. The lowest BCUT2D eigenvalue weighted by atomic mass is 10.0. The van der Waals surface area contributed by atoms with Crippen LogP contribution in [0, 0.1) is 0 Å². The molecule has 2 fully saturated rings. The second kappa shape index (κ2) is 9.94. The third-order valence-corrected chi connectivity index (χ3v) is 6.87. The van der Waals surface area contributed by atoms with Gasteiger partial charge in [0, 0.05) is 44.3 Å². The zero-order valence-corrected chi connectivity index (χ0v) is 19.5. The monoisotopic (exact) mass is 442 g/mol. The molecular formula is C28H34N4O. The highest BCUT2D eigenvalue weighted by Gasteiger charge is 2.27. The van der Waals surface area contributed by atoms with E-state index in [4.69, 9.17) is 10.5 Å². The molecule has 1 aromatic heterocycles. The van der Waals surface area contributed by atoms with E-state index < -0.39 is 0 Å². The first-order valence-electron chi connectivity index (χ1n) is 12.2. The van der Waals surface area contributed by atoms with Crippen LogP contribution in [0.25, 0.3) is 11.3 Å². The molecule has 1 saturated carbocycles. The zero-order chi connectivity index (χ0) is 22.6. The summed E-state index contributed by atoms with van der Waals surface area (Å²) in [5.74, 6) is 1.47. The molecule has 2 N–H and O–H groups in total. The van der Waals surface area contributed by atoms with E-state index in [1.54, 1.807) is 0 Å². The number of nitrogen functional groups attached to an aromatic ring is 1. The van der Waals surface area contributed by atoms with Gasteiger partial charge in [-0.3, -0.25) is 4.90 Å². The van der Waals surface area contributed by atoms with E-state index >= 15 is 0 Å². The number of ether oxygens (including phenoxy) is 1. The highest BCUT2D eigenvalue weighted by Crippen LogP contribution is 2.37. The molecule has 1 aliphatic carbocycles. The Hall–Kier alpha value is -2.89. The first-order valence-corrected chi connectivity index (χ1v) is 12.2. The minimum atomic E-state index is 0.337. The van der Waals surface area contributed by atoms with Gasteiger partial charge in [0.25, 0.3) is 0 Å². The molecule has 1 unspecified atom stereocenters. The van der Waals surface area contributed by atoms with Crippen molar-refractivity contribution in [1.29, 1.82) is 0 Å². The molecule has 2 aliphatic rings. The van der Waals surface area contributed by atoms with Crippen LogP contribution in [-0.4, -0.2) is 53.6 Å². The van der Waals surface area contributed by atoms with E-state index in [0.29, 0.717) is 18.0 Å². The molecule has 2 aromatic carbocycles. The highest BCUT2D eigenvalue weighted by molar-refractivity contribution is 5.69. The summed E-state index contributed by atoms with van der Waals surface area (Å²) in [5.41, 5.74) is 10.6. The fraction of sp³-hybridized carbons (Fsp3) is 0.393. The maximum atomic E-state index is 6.31. The lowest BCUT2D eigenvalue weighted by Gasteiger charge is -2.38. The Kier molecular flexibility index (Phi) is 6.60. The van der Waals surface area contributed by atoms with Gasteiger partial charge < -0.3 is 15.4 Å². The molecule has 3 aromatic rings. The lowest BCUT2D eigenvalue weighted by Crippen LogP contribution is -2.47. The van der Waals surface area contributed by atoms with E-state index in [0.717, 1.165) is 69.0 Å². The predicted molar refractivity (Wildman–Crippen MR) is 134 cm³/mol. The summed E-state index contributed by atoms with van der Waals surface area (Å²) in [6, 6.07) is 23.5. The Balaban J connectivity index is 1.24. The van der Waals surface area contributed by atoms with Crippen LogP contribution < -0.4 is 10.5 Å². The summed E-state index contributed by atoms with van der Waals surface area (Å²) in [4.78, 5) is 9.71. The number of nitrogens with two attached hydrogens (primary N) is 1. The molecule has 5 nitrogen and oxygen atoms in total. The zero-order valence-electron chi connectivity index (χ0n) is 19.5. The van der Waals surface area contributed by atoms with E-state index in [2.05, 4.69) is 70.2 Å². The second-order valence-electron chi connectivity index (χ2n) is 9.31. The van der Waals surface area contributed by atoms with Crippen LogP contribution in [0.3, 0.4) is 0 Å². The molecule has 1 saturated heterocycles. The van der Waals surface area contributed by atoms with Crippen molar-refractivity contribution < 1.29 is 4.74 Å². The van der Waals surface area contributed by atoms with Crippen LogP contribution in [-0.2, 0) is 6.42 Å². The number of hydrogen-bond acceptors (Lipinski definition) is 5. The lowest BCUT2D eigenvalue weighted by molar-refractivity contribution is 0.103. The van der Waals surface area contributed by atoms with Crippen molar-refractivity contribution >= 4 is 5.82 Å². The largest absolute Gasteiger partial charge is 0.490 e. The molecule has 2 heterocycles. The molecular weight excluding hydrogens is 408 g/mol. The summed E-state index contributed by atoms with van der Waals surface area (Å²) < 4.78 is 6.31. The maximum Gasteiger partial charge on any atom is 0.129 e. The van der Waals surface area contributed by atoms with Gasteiger partial charge in [-0.15, -0.1) is 0 Å². The molecule has 0 amide bonds. The third-order valence-electron chi connectivity index (χ3n) is 6.87. The van der Waals surface area contributed by atoms with Gasteiger partial charge in [-0.1, -0.05) is 42.5 Å². The Labute approximate surface area is 197 Å². The van der Waals surface area contributed by atoms with Gasteiger partial charge in [-0.05, 0) is 61.6 Å². The van der Waals surface area contributed by atoms with E-state index in [1.807, 2.05) is 18.2 Å². The number of pyridine rings is 1. The summed E-state index contributed by atoms with van der Waals surface area (Å²) in [6.07, 6.45) is 3.73. The minimum Gasteiger partial charge on any atom is -0.490 e. The van der Waals surface area contributed by atoms with Crippen molar-refractivity contribution in [3.8, 4) is 17.0 Å². The van der Waals surface area contributed by atoms with E-state index in [9.17, 15) is 0 Å². The van der Waals surface area contributed by atoms with Crippen LogP contribution in [0.1, 0.15) is 36.9 Å². The van der Waals surface area contributed by atoms with Crippen LogP contribution in [0.4, 0.5) is 5.82 Å². The average Bonchev–Trinajstić information content (AvgIpc) is 3.67. The summed E-state index contributed by atoms with van der Waals surface area (Å²) >= 11 is 0. The third kappa shape index (κ3) is 5.55. The second-order valence-corrected chi connectivity index (χ2v) is 9.31. The number of rotatable bonds is 8. The molecule has 0 spiro atoms. The Morgan fingerprint density at radius 1 is 0.970 bits per heavy atom. The molecule has 33 heavy (non-hydrogen) atoms. The number of aromatic nitrogens is 1. The van der Waals surface area contributed by atoms with Gasteiger partial charge in [0.2, 0.25) is 0 Å². The van der Waals surface area contributed by atoms with Crippen molar-refractivity contribution in [3.05, 3.63) is 77.9 Å². The van der Waals surface area contributed by atoms with Gasteiger partial charge >= 0.3 is 0 Å². The Morgan fingerprint density at radius 3 is 2.48 bits per heavy atom. The minimum absolute atomic E-state index is 0.337. The topological polar surface area (TPSA) is 54.6 Å². The Morgan fingerprint density at radius 2 is 1.76 bits per heavy atom. The van der Waals surface area contributed by atoms with Crippen LogP contribution in [0.2, 0.25) is 0 Å². The molecule has 5 rings (SSSR count). The fourth-order valence-corrected chi connectivity index (χ4v) is 4.59. The van der Waals surface area contributed by atoms with Gasteiger partial charge in [0.05, 0.1) is 11.8 Å². The number of anilines is 1. The molecule has 5 heteroatoms. The number of benzene rings is 2. The summed E-state index contributed by atoms with van der Waals surface area (Å²) in [6.45, 7) is 7.87. The molecule has 1 atom stereocenters. The SMILES string of the molecule is CC(c1ccc(-c2cccc(N)n2)c(OC2CC2)c1)N1CCN(CCc2ccccc2)CC1. The first-order chi connectivity index (χ1) is 16.2. The smallest absolute Gasteiger partial charge is 0.129 e. The molecule has 172 valence electrons. The number of piperazine rings is 1. The quantitative estimate of drug-likeness (QED) is 0.543. The summed E-state index contributed by atoms with van der Waals surface area (Å²) in [5, 5.41) is 0. The number of hydrogen-bond donors (Lipinski definition) is 1. The molecule has 0 radical (unpaired) electrons. The predicted octanol–water partition coefficient (Wildman–Crippen LogP) is 4.79. The van der Waals surface area contributed by atoms with E-state index in [1.165, 1.54) is 11.1 Å². The molecule has 1 aliphatic heterocycles. The highest BCUT2D eigenvalue weighted by atomic mass is 16.5. The summed E-state index contributed by atoms with van der Waals surface area (Å²) in [7, 11) is 0. The molecule has 0 bridgehead atoms. The van der Waals surface area contributed by atoms with Crippen molar-refractivity contribution in [2.75, 3.05) is 38.5 Å². The maximum absolute atomic E-state index is 6.31. The normalized spacial score (nSPS) is 18.2.